The van der Waals surface area contributed by atoms with Crippen LogP contribution in [0.15, 0.2) is 48.5 Å². The Morgan fingerprint density at radius 2 is 1.73 bits per heavy atom. The first-order chi connectivity index (χ1) is 16.0. The summed E-state index contributed by atoms with van der Waals surface area (Å²) in [7, 11) is 0. The minimum absolute atomic E-state index is 0.228. The zero-order chi connectivity index (χ0) is 22.9. The Morgan fingerprint density at radius 3 is 2.61 bits per heavy atom. The lowest BCUT2D eigenvalue weighted by molar-refractivity contribution is 0.0692. The maximum atomic E-state index is 13.2. The van der Waals surface area contributed by atoms with Gasteiger partial charge in [0.05, 0.1) is 0 Å². The van der Waals surface area contributed by atoms with E-state index in [-0.39, 0.29) is 5.91 Å². The number of hydrogen-bond acceptors (Lipinski definition) is 2. The highest BCUT2D eigenvalue weighted by molar-refractivity contribution is 5.97. The van der Waals surface area contributed by atoms with Crippen molar-refractivity contribution in [3.8, 4) is 0 Å². The van der Waals surface area contributed by atoms with Gasteiger partial charge in [0.15, 0.2) is 0 Å². The molecule has 0 N–H and O–H groups in total. The molecule has 0 aliphatic carbocycles. The Balaban J connectivity index is 1.30. The molecule has 1 atom stereocenters. The quantitative estimate of drug-likeness (QED) is 0.471. The van der Waals surface area contributed by atoms with Gasteiger partial charge in [-0.3, -0.25) is 9.69 Å². The van der Waals surface area contributed by atoms with Gasteiger partial charge in [-0.25, -0.2) is 0 Å². The van der Waals surface area contributed by atoms with E-state index in [0.717, 1.165) is 44.6 Å². The third-order valence-corrected chi connectivity index (χ3v) is 8.01. The Bertz CT molecular complexity index is 1180. The number of rotatable bonds is 5. The molecular weight excluding hydrogens is 404 g/mol. The number of carbonyl (C=O) groups excluding carboxylic acids is 1. The predicted octanol–water partition coefficient (Wildman–Crippen LogP) is 6.21. The van der Waals surface area contributed by atoms with Gasteiger partial charge < -0.3 is 4.90 Å². The summed E-state index contributed by atoms with van der Waals surface area (Å²) >= 11 is 0. The van der Waals surface area contributed by atoms with Crippen LogP contribution in [0.25, 0.3) is 10.8 Å². The number of carbonyl (C=O) groups is 1. The fourth-order valence-corrected chi connectivity index (χ4v) is 5.78. The minimum Gasteiger partial charge on any atom is -0.338 e. The molecule has 33 heavy (non-hydrogen) atoms. The molecule has 1 unspecified atom stereocenters. The first-order valence-corrected chi connectivity index (χ1v) is 12.6. The van der Waals surface area contributed by atoms with Crippen LogP contribution in [0, 0.1) is 20.8 Å². The van der Waals surface area contributed by atoms with Crippen molar-refractivity contribution in [3.05, 3.63) is 81.9 Å². The monoisotopic (exact) mass is 440 g/mol. The van der Waals surface area contributed by atoms with E-state index in [1.54, 1.807) is 0 Å². The fraction of sp³-hybridized carbons (Fsp3) is 0.433. The van der Waals surface area contributed by atoms with Gasteiger partial charge in [0.2, 0.25) is 0 Å². The first kappa shape index (κ1) is 22.2. The molecule has 0 radical (unpaired) electrons. The molecule has 172 valence electrons. The first-order valence-electron chi connectivity index (χ1n) is 12.6. The van der Waals surface area contributed by atoms with Gasteiger partial charge in [0, 0.05) is 31.2 Å². The van der Waals surface area contributed by atoms with Gasteiger partial charge >= 0.3 is 0 Å². The van der Waals surface area contributed by atoms with E-state index in [1.165, 1.54) is 57.9 Å². The Hall–Kier alpha value is -2.65. The highest BCUT2D eigenvalue weighted by Gasteiger charge is 2.28. The lowest BCUT2D eigenvalue weighted by Crippen LogP contribution is -2.44. The number of fused-ring (bicyclic) bond motifs is 2. The molecule has 2 aliphatic rings. The van der Waals surface area contributed by atoms with E-state index in [9.17, 15) is 4.79 Å². The molecule has 2 heterocycles. The molecule has 0 saturated carbocycles. The van der Waals surface area contributed by atoms with E-state index in [1.807, 2.05) is 0 Å². The number of likely N-dealkylation sites (tertiary alicyclic amines) is 1. The normalized spacial score (nSPS) is 19.2. The third-order valence-electron chi connectivity index (χ3n) is 8.01. The van der Waals surface area contributed by atoms with Crippen LogP contribution in [0.4, 0.5) is 0 Å². The van der Waals surface area contributed by atoms with Crippen molar-refractivity contribution in [2.75, 3.05) is 19.6 Å². The van der Waals surface area contributed by atoms with E-state index >= 15 is 0 Å². The maximum absolute atomic E-state index is 13.2. The molecular formula is C30H36N2O. The molecule has 1 fully saturated rings. The summed E-state index contributed by atoms with van der Waals surface area (Å²) < 4.78 is 0. The van der Waals surface area contributed by atoms with Crippen LogP contribution >= 0.6 is 0 Å². The summed E-state index contributed by atoms with van der Waals surface area (Å²) in [5, 5.41) is 2.71. The highest BCUT2D eigenvalue weighted by Crippen LogP contribution is 2.29. The van der Waals surface area contributed by atoms with Crippen molar-refractivity contribution in [1.29, 1.82) is 0 Å². The smallest absolute Gasteiger partial charge is 0.254 e. The number of nitrogens with zero attached hydrogens (tertiary/aromatic N) is 2. The molecule has 1 saturated heterocycles. The molecule has 0 spiro atoms. The fourth-order valence-electron chi connectivity index (χ4n) is 5.78. The van der Waals surface area contributed by atoms with E-state index in [4.69, 9.17) is 0 Å². The maximum Gasteiger partial charge on any atom is 0.254 e. The molecule has 0 aromatic heterocycles. The predicted molar refractivity (Wildman–Crippen MR) is 137 cm³/mol. The molecule has 0 bridgehead atoms. The molecule has 2 aliphatic heterocycles. The van der Waals surface area contributed by atoms with E-state index in [2.05, 4.69) is 79.1 Å². The number of piperidine rings is 1. The van der Waals surface area contributed by atoms with Crippen LogP contribution in [0.2, 0.25) is 0 Å². The SMILES string of the molecule is Cc1cc2c(cc1C)C(=O)N(CCC1CCCCN1Cc1c(C)ccc3ccccc13)CC2. The van der Waals surface area contributed by atoms with Gasteiger partial charge in [-0.2, -0.15) is 0 Å². The largest absolute Gasteiger partial charge is 0.338 e. The van der Waals surface area contributed by atoms with Crippen LogP contribution in [0.3, 0.4) is 0 Å². The second-order valence-electron chi connectivity index (χ2n) is 10.1. The minimum atomic E-state index is 0.228. The van der Waals surface area contributed by atoms with Crippen molar-refractivity contribution in [2.24, 2.45) is 0 Å². The van der Waals surface area contributed by atoms with Crippen molar-refractivity contribution in [2.45, 2.75) is 65.5 Å². The Kier molecular flexibility index (Phi) is 6.25. The second-order valence-corrected chi connectivity index (χ2v) is 10.1. The molecule has 5 rings (SSSR count). The van der Waals surface area contributed by atoms with E-state index < -0.39 is 0 Å². The highest BCUT2D eigenvalue weighted by atomic mass is 16.2. The van der Waals surface area contributed by atoms with Gasteiger partial charge in [-0.15, -0.1) is 0 Å². The summed E-state index contributed by atoms with van der Waals surface area (Å²) in [5.74, 6) is 0.228. The van der Waals surface area contributed by atoms with E-state index in [0.29, 0.717) is 6.04 Å². The topological polar surface area (TPSA) is 23.6 Å². The summed E-state index contributed by atoms with van der Waals surface area (Å²) in [6, 6.07) is 18.1. The lowest BCUT2D eigenvalue weighted by Gasteiger charge is -2.38. The third kappa shape index (κ3) is 4.44. The number of benzene rings is 3. The van der Waals surface area contributed by atoms with Crippen LogP contribution in [-0.4, -0.2) is 41.4 Å². The average molecular weight is 441 g/mol. The number of amides is 1. The van der Waals surface area contributed by atoms with Crippen LogP contribution in [0.1, 0.15) is 63.9 Å². The average Bonchev–Trinajstić information content (AvgIpc) is 2.82. The van der Waals surface area contributed by atoms with Crippen molar-refractivity contribution in [3.63, 3.8) is 0 Å². The Morgan fingerprint density at radius 1 is 0.909 bits per heavy atom. The summed E-state index contributed by atoms with van der Waals surface area (Å²) in [6.07, 6.45) is 5.85. The zero-order valence-electron chi connectivity index (χ0n) is 20.4. The van der Waals surface area contributed by atoms with Crippen LogP contribution in [-0.2, 0) is 13.0 Å². The molecule has 1 amide bonds. The zero-order valence-corrected chi connectivity index (χ0v) is 20.4. The van der Waals surface area contributed by atoms with Gasteiger partial charge in [-0.05, 0) is 97.7 Å². The van der Waals surface area contributed by atoms with Crippen LogP contribution < -0.4 is 0 Å². The van der Waals surface area contributed by atoms with Gasteiger partial charge in [-0.1, -0.05) is 48.9 Å². The molecule has 3 aromatic rings. The van der Waals surface area contributed by atoms with Crippen molar-refractivity contribution < 1.29 is 4.79 Å². The summed E-state index contributed by atoms with van der Waals surface area (Å²) in [5.41, 5.74) is 7.51. The molecule has 3 aromatic carbocycles. The summed E-state index contributed by atoms with van der Waals surface area (Å²) in [4.78, 5) is 18.0. The standard InChI is InChI=1S/C30H36N2O/c1-21-11-12-24-8-4-5-10-27(24)29(21)20-32-15-7-6-9-26(32)14-17-31-16-13-25-18-22(2)23(3)19-28(25)30(31)33/h4-5,8,10-12,18-19,26H,6-7,9,13-17,20H2,1-3H3. The van der Waals surface area contributed by atoms with Gasteiger partial charge in [0.25, 0.3) is 5.91 Å². The number of hydrogen-bond donors (Lipinski definition) is 0. The number of aryl methyl sites for hydroxylation is 3. The molecule has 3 heteroatoms. The Labute approximate surface area is 198 Å². The van der Waals surface area contributed by atoms with Crippen LogP contribution in [0.5, 0.6) is 0 Å². The lowest BCUT2D eigenvalue weighted by atomic mass is 9.93. The van der Waals surface area contributed by atoms with Crippen molar-refractivity contribution in [1.82, 2.24) is 9.80 Å². The second kappa shape index (κ2) is 9.30. The molecule has 3 nitrogen and oxygen atoms in total. The van der Waals surface area contributed by atoms with Crippen molar-refractivity contribution >= 4 is 16.7 Å². The summed E-state index contributed by atoms with van der Waals surface area (Å²) in [6.45, 7) is 10.4. The van der Waals surface area contributed by atoms with Gasteiger partial charge in [0.1, 0.15) is 0 Å².